The van der Waals surface area contributed by atoms with E-state index in [9.17, 15) is 48.6 Å². The summed E-state index contributed by atoms with van der Waals surface area (Å²) < 4.78 is 37.8. The summed E-state index contributed by atoms with van der Waals surface area (Å²) in [4.78, 5) is 61.0. The molecule has 20 heteroatoms. The number of nitrogen functional groups attached to an aromatic ring is 1. The Kier molecular flexibility index (Phi) is 9.06. The molecule has 1 aliphatic heterocycles. The molecule has 0 aliphatic carbocycles. The number of aromatic nitrogens is 2. The fourth-order valence-electron chi connectivity index (χ4n) is 2.69. The van der Waals surface area contributed by atoms with Crippen LogP contribution in [0.15, 0.2) is 17.1 Å². The Morgan fingerprint density at radius 3 is 2.59 bits per heavy atom. The molecule has 1 fully saturated rings. The van der Waals surface area contributed by atoms with E-state index < -0.39 is 83.2 Å². The highest BCUT2D eigenvalue weighted by atomic mass is 31.3. The van der Waals surface area contributed by atoms with Crippen LogP contribution in [0.4, 0.5) is 5.82 Å². The summed E-state index contributed by atoms with van der Waals surface area (Å²) in [5, 5.41) is 31.9. The minimum atomic E-state index is -5.66. The number of amides is 1. The number of hydrogen-bond acceptors (Lipinski definition) is 15. The number of ether oxygens (including phenoxy) is 1. The quantitative estimate of drug-likeness (QED) is 0.166. The fraction of sp³-hybridized carbons (Fsp3) is 0.571. The van der Waals surface area contributed by atoms with E-state index >= 15 is 0 Å². The van der Waals surface area contributed by atoms with Crippen molar-refractivity contribution in [1.29, 1.82) is 0 Å². The molecule has 34 heavy (non-hydrogen) atoms. The number of nitrogens with two attached hydrogens (primary N) is 1. The van der Waals surface area contributed by atoms with Crippen LogP contribution in [0.1, 0.15) is 19.1 Å². The van der Waals surface area contributed by atoms with Crippen molar-refractivity contribution in [3.8, 4) is 0 Å². The van der Waals surface area contributed by atoms with Gasteiger partial charge >= 0.3 is 5.69 Å². The molecule has 2 rings (SSSR count). The van der Waals surface area contributed by atoms with Gasteiger partial charge in [0.2, 0.25) is 13.7 Å². The average molecular weight is 529 g/mol. The molecule has 7 atom stereocenters. The lowest BCUT2D eigenvalue weighted by molar-refractivity contribution is -0.438. The van der Waals surface area contributed by atoms with Crippen LogP contribution in [0.3, 0.4) is 0 Å². The summed E-state index contributed by atoms with van der Waals surface area (Å²) >= 11 is 0. The molecule has 1 amide bonds. The molecule has 2 heterocycles. The predicted molar refractivity (Wildman–Crippen MR) is 100 cm³/mol. The Bertz CT molecular complexity index is 1070. The summed E-state index contributed by atoms with van der Waals surface area (Å²) in [5.74, 6) is -2.98. The van der Waals surface area contributed by atoms with Gasteiger partial charge in [-0.3, -0.25) is 27.9 Å². The summed E-state index contributed by atoms with van der Waals surface area (Å²) in [6, 6.07) is -0.119. The smallest absolute Gasteiger partial charge is 0.351 e. The number of carboxylic acid groups (broad SMARTS) is 1. The maximum absolute atomic E-state index is 11.9. The van der Waals surface area contributed by atoms with E-state index in [0.29, 0.717) is 0 Å². The maximum Gasteiger partial charge on any atom is 0.351 e. The van der Waals surface area contributed by atoms with Gasteiger partial charge in [-0.15, -0.1) is 0 Å². The molecule has 0 saturated carbocycles. The van der Waals surface area contributed by atoms with E-state index in [2.05, 4.69) is 19.6 Å². The SMILES string of the molecule is Nc1ccn([C@@H]2O[C@H](COP(=O)([O-])OP(=O)([O-])NC(=O)CC[C@H]([NH3+])C(=O)[O-])[C@@H](O)[C@H]2O)c(=O)n1. The Labute approximate surface area is 190 Å². The zero-order valence-electron chi connectivity index (χ0n) is 17.1. The van der Waals surface area contributed by atoms with Crippen molar-refractivity contribution in [2.75, 3.05) is 12.3 Å². The number of anilines is 1. The monoisotopic (exact) mass is 529 g/mol. The van der Waals surface area contributed by atoms with Crippen LogP contribution < -0.4 is 37.1 Å². The molecule has 1 aliphatic rings. The predicted octanol–water partition coefficient (Wildman–Crippen LogP) is -6.33. The zero-order chi connectivity index (χ0) is 25.8. The number of aliphatic hydroxyl groups excluding tert-OH is 2. The lowest BCUT2D eigenvalue weighted by Crippen LogP contribution is -2.68. The zero-order valence-corrected chi connectivity index (χ0v) is 18.9. The summed E-state index contributed by atoms with van der Waals surface area (Å²) in [5.41, 5.74) is 7.57. The van der Waals surface area contributed by atoms with Crippen molar-refractivity contribution in [2.45, 2.75) is 43.4 Å². The normalized spacial score (nSPS) is 26.9. The van der Waals surface area contributed by atoms with E-state index in [-0.39, 0.29) is 5.82 Å². The van der Waals surface area contributed by atoms with Crippen LogP contribution in [-0.4, -0.2) is 62.6 Å². The molecule has 8 N–H and O–H groups in total. The van der Waals surface area contributed by atoms with Gasteiger partial charge in [0.05, 0.1) is 12.6 Å². The summed E-state index contributed by atoms with van der Waals surface area (Å²) in [6.07, 6.45) is -6.50. The number of phosphoric acid groups is 1. The van der Waals surface area contributed by atoms with Gasteiger partial charge in [0, 0.05) is 19.0 Å². The first-order valence-electron chi connectivity index (χ1n) is 9.31. The second kappa shape index (κ2) is 11.0. The van der Waals surface area contributed by atoms with Crippen molar-refractivity contribution in [2.24, 2.45) is 0 Å². The van der Waals surface area contributed by atoms with Gasteiger partial charge < -0.3 is 50.6 Å². The minimum Gasteiger partial charge on any atom is -0.761 e. The van der Waals surface area contributed by atoms with Gasteiger partial charge in [-0.2, -0.15) is 4.98 Å². The van der Waals surface area contributed by atoms with E-state index in [1.165, 1.54) is 11.2 Å². The van der Waals surface area contributed by atoms with E-state index in [0.717, 1.165) is 10.8 Å². The largest absolute Gasteiger partial charge is 0.761 e. The number of nitrogens with zero attached hydrogens (tertiary/aromatic N) is 2. The third-order valence-electron chi connectivity index (χ3n) is 4.38. The molecule has 2 unspecified atom stereocenters. The number of hydrogen-bond donors (Lipinski definition) is 5. The number of aliphatic carboxylic acids is 1. The number of nitrogens with one attached hydrogen (secondary N) is 1. The third-order valence-corrected chi connectivity index (χ3v) is 7.03. The Morgan fingerprint density at radius 1 is 1.35 bits per heavy atom. The topological polar surface area (TPSA) is 306 Å². The standard InChI is InChI=1S/C14H23N5O13P2/c15-6(13(23)24)1-2-9(20)18-33(26,27)32-34(28,29)30-5-7-10(21)11(22)12(31-7)19-4-3-8(16)17-14(19)25/h3-4,6-7,10-12,21-22H,1-2,5,15H2,(H,23,24)(H,28,29)(H2,16,17,25)(H2,18,20,26,27)/p-2/t6-,7+,10+,11+,12+/m0/s1. The highest BCUT2D eigenvalue weighted by Gasteiger charge is 2.44. The van der Waals surface area contributed by atoms with Crippen LogP contribution in [0.2, 0.25) is 0 Å². The first-order valence-corrected chi connectivity index (χ1v) is 12.3. The van der Waals surface area contributed by atoms with Gasteiger partial charge in [0.1, 0.15) is 30.2 Å². The fourth-order valence-corrected chi connectivity index (χ4v) is 4.84. The van der Waals surface area contributed by atoms with Crippen molar-refractivity contribution in [3.63, 3.8) is 0 Å². The second-order valence-electron chi connectivity index (χ2n) is 7.00. The molecule has 0 aromatic carbocycles. The van der Waals surface area contributed by atoms with Crippen LogP contribution >= 0.6 is 15.6 Å². The summed E-state index contributed by atoms with van der Waals surface area (Å²) in [7, 11) is -11.2. The number of rotatable bonds is 11. The molecule has 192 valence electrons. The Morgan fingerprint density at radius 2 is 2.00 bits per heavy atom. The highest BCUT2D eigenvalue weighted by Crippen LogP contribution is 2.53. The molecule has 0 bridgehead atoms. The van der Waals surface area contributed by atoms with Crippen LogP contribution in [0.25, 0.3) is 0 Å². The molecule has 0 spiro atoms. The van der Waals surface area contributed by atoms with Crippen molar-refractivity contribution >= 4 is 33.3 Å². The number of aliphatic hydroxyl groups is 2. The number of carbonyl (C=O) groups excluding carboxylic acids is 2. The van der Waals surface area contributed by atoms with Crippen molar-refractivity contribution < 1.29 is 63.1 Å². The van der Waals surface area contributed by atoms with E-state index in [1.807, 2.05) is 0 Å². The number of carboxylic acids is 1. The van der Waals surface area contributed by atoms with Crippen molar-refractivity contribution in [3.05, 3.63) is 22.7 Å². The van der Waals surface area contributed by atoms with E-state index in [4.69, 9.17) is 10.5 Å². The van der Waals surface area contributed by atoms with Crippen molar-refractivity contribution in [1.82, 2.24) is 14.6 Å². The Hall–Kier alpha value is -2.24. The molecular formula is C14H21N5O13P2-2. The molecule has 18 nitrogen and oxygen atoms in total. The van der Waals surface area contributed by atoms with Gasteiger partial charge in [-0.1, -0.05) is 0 Å². The first-order chi connectivity index (χ1) is 15.6. The minimum absolute atomic E-state index is 0.127. The van der Waals surface area contributed by atoms with Gasteiger partial charge in [-0.25, -0.2) is 4.79 Å². The second-order valence-corrected chi connectivity index (χ2v) is 10.0. The Balaban J connectivity index is 1.94. The van der Waals surface area contributed by atoms with Crippen LogP contribution in [0, 0.1) is 0 Å². The van der Waals surface area contributed by atoms with Gasteiger partial charge in [-0.05, 0) is 6.07 Å². The lowest BCUT2D eigenvalue weighted by Gasteiger charge is -2.32. The molecule has 1 aromatic rings. The lowest BCUT2D eigenvalue weighted by atomic mass is 10.1. The highest BCUT2D eigenvalue weighted by molar-refractivity contribution is 7.61. The third kappa shape index (κ3) is 7.64. The average Bonchev–Trinajstić information content (AvgIpc) is 2.97. The number of quaternary nitrogens is 1. The number of carbonyl (C=O) groups is 2. The van der Waals surface area contributed by atoms with Gasteiger partial charge in [0.25, 0.3) is 7.82 Å². The van der Waals surface area contributed by atoms with Crippen LogP contribution in [0.5, 0.6) is 0 Å². The number of phosphoric ester groups is 1. The van der Waals surface area contributed by atoms with Crippen LogP contribution in [-0.2, 0) is 32.3 Å². The maximum atomic E-state index is 11.9. The first kappa shape index (κ1) is 28.0. The summed E-state index contributed by atoms with van der Waals surface area (Å²) in [6.45, 7) is -1.05. The van der Waals surface area contributed by atoms with E-state index in [1.54, 1.807) is 0 Å². The molecule has 1 saturated heterocycles. The molecule has 0 radical (unpaired) electrons. The molecule has 1 aromatic heterocycles. The molecular weight excluding hydrogens is 508 g/mol. The van der Waals surface area contributed by atoms with Gasteiger partial charge in [0.15, 0.2) is 6.23 Å².